The Bertz CT molecular complexity index is 628. The van der Waals surface area contributed by atoms with Gasteiger partial charge in [0.15, 0.2) is 10.4 Å². The summed E-state index contributed by atoms with van der Waals surface area (Å²) >= 11 is 2.95. The first kappa shape index (κ1) is 16.8. The van der Waals surface area contributed by atoms with E-state index in [1.807, 2.05) is 0 Å². The highest BCUT2D eigenvalue weighted by Crippen LogP contribution is 2.30. The van der Waals surface area contributed by atoms with Crippen molar-refractivity contribution >= 4 is 41.6 Å². The highest BCUT2D eigenvalue weighted by atomic mass is 79.9. The molecule has 2 atom stereocenters. The van der Waals surface area contributed by atoms with Crippen LogP contribution in [0.4, 0.5) is 0 Å². The Morgan fingerprint density at radius 1 is 1.52 bits per heavy atom. The van der Waals surface area contributed by atoms with Crippen LogP contribution in [-0.4, -0.2) is 20.9 Å². The predicted octanol–water partition coefficient (Wildman–Crippen LogP) is 3.53. The minimum Gasteiger partial charge on any atom is -0.443 e. The Morgan fingerprint density at radius 3 is 2.81 bits per heavy atom. The zero-order valence-corrected chi connectivity index (χ0v) is 14.7. The van der Waals surface area contributed by atoms with Crippen LogP contribution in [0, 0.1) is 11.8 Å². The summed E-state index contributed by atoms with van der Waals surface area (Å²) in [6.07, 6.45) is 4.63. The summed E-state index contributed by atoms with van der Waals surface area (Å²) in [4.78, 5) is 11.8. The molecule has 118 valence electrons. The summed E-state index contributed by atoms with van der Waals surface area (Å²) in [7, 11) is 1.31. The van der Waals surface area contributed by atoms with Crippen molar-refractivity contribution in [2.75, 3.05) is 6.54 Å². The van der Waals surface area contributed by atoms with Crippen LogP contribution in [0.3, 0.4) is 0 Å². The summed E-state index contributed by atoms with van der Waals surface area (Å²) in [5.41, 5.74) is 0. The normalized spacial score (nSPS) is 23.0. The fourth-order valence-corrected chi connectivity index (χ4v) is 4.73. The molecule has 1 saturated carbocycles. The van der Waals surface area contributed by atoms with Gasteiger partial charge in [-0.2, -0.15) is 0 Å². The first-order valence-electron chi connectivity index (χ1n) is 6.79. The van der Waals surface area contributed by atoms with Crippen LogP contribution in [0.2, 0.25) is 0 Å². The lowest BCUT2D eigenvalue weighted by atomic mass is 9.82. The molecule has 0 spiro atoms. The molecule has 2 rings (SSSR count). The number of carbonyl (C=O) groups excluding carboxylic acids is 1. The molecule has 1 aliphatic carbocycles. The minimum atomic E-state index is -3.94. The van der Waals surface area contributed by atoms with E-state index in [2.05, 4.69) is 28.2 Å². The number of amides is 1. The van der Waals surface area contributed by atoms with Crippen molar-refractivity contribution in [1.29, 1.82) is 0 Å². The third kappa shape index (κ3) is 4.47. The van der Waals surface area contributed by atoms with Crippen LogP contribution in [0.25, 0.3) is 0 Å². The summed E-state index contributed by atoms with van der Waals surface area (Å²) in [6, 6.07) is 1.13. The van der Waals surface area contributed by atoms with Gasteiger partial charge in [-0.25, -0.2) is 8.42 Å². The number of halogens is 2. The van der Waals surface area contributed by atoms with Crippen LogP contribution < -0.4 is 5.32 Å². The van der Waals surface area contributed by atoms with Crippen molar-refractivity contribution in [3.05, 3.63) is 16.5 Å². The third-order valence-electron chi connectivity index (χ3n) is 3.74. The number of nitrogens with one attached hydrogen (secondary N) is 1. The van der Waals surface area contributed by atoms with E-state index >= 15 is 0 Å². The maximum atomic E-state index is 12.0. The zero-order valence-electron chi connectivity index (χ0n) is 11.6. The predicted molar refractivity (Wildman–Crippen MR) is 82.9 cm³/mol. The van der Waals surface area contributed by atoms with Crippen molar-refractivity contribution in [3.8, 4) is 0 Å². The smallest absolute Gasteiger partial charge is 0.287 e. The molecule has 0 bridgehead atoms. The van der Waals surface area contributed by atoms with E-state index in [1.54, 1.807) is 0 Å². The molecule has 1 amide bonds. The molecular weight excluding hydrogens is 382 g/mol. The summed E-state index contributed by atoms with van der Waals surface area (Å²) in [5, 5.41) is 2.79. The lowest BCUT2D eigenvalue weighted by Gasteiger charge is -2.26. The second-order valence-corrected chi connectivity index (χ2v) is 8.79. The van der Waals surface area contributed by atoms with Gasteiger partial charge in [-0.05, 0) is 40.6 Å². The van der Waals surface area contributed by atoms with Crippen LogP contribution in [0.1, 0.15) is 43.2 Å². The topological polar surface area (TPSA) is 76.4 Å². The summed E-state index contributed by atoms with van der Waals surface area (Å²) in [6.45, 7) is 2.79. The van der Waals surface area contributed by atoms with Gasteiger partial charge in [0.05, 0.1) is 0 Å². The molecule has 1 aromatic rings. The molecule has 8 heteroatoms. The second-order valence-electron chi connectivity index (χ2n) is 5.53. The summed E-state index contributed by atoms with van der Waals surface area (Å²) in [5.74, 6) is 0.657. The Labute approximate surface area is 137 Å². The number of rotatable bonds is 4. The highest BCUT2D eigenvalue weighted by molar-refractivity contribution is 9.10. The van der Waals surface area contributed by atoms with Gasteiger partial charge in [-0.3, -0.25) is 4.79 Å². The van der Waals surface area contributed by atoms with E-state index in [-0.39, 0.29) is 15.3 Å². The minimum absolute atomic E-state index is 0.0612. The monoisotopic (exact) mass is 397 g/mol. The van der Waals surface area contributed by atoms with Crippen LogP contribution in [0.5, 0.6) is 0 Å². The van der Waals surface area contributed by atoms with E-state index in [0.717, 1.165) is 18.9 Å². The fraction of sp³-hybridized carbons (Fsp3) is 0.615. The third-order valence-corrected chi connectivity index (χ3v) is 5.92. The average molecular weight is 399 g/mol. The molecule has 0 radical (unpaired) electrons. The molecule has 1 heterocycles. The van der Waals surface area contributed by atoms with Crippen molar-refractivity contribution in [3.63, 3.8) is 0 Å². The average Bonchev–Trinajstić information content (AvgIpc) is 2.78. The van der Waals surface area contributed by atoms with E-state index in [4.69, 9.17) is 15.1 Å². The number of carbonyl (C=O) groups is 1. The first-order chi connectivity index (χ1) is 9.77. The number of hydrogen-bond donors (Lipinski definition) is 1. The van der Waals surface area contributed by atoms with Crippen LogP contribution in [0.15, 0.2) is 20.0 Å². The van der Waals surface area contributed by atoms with Gasteiger partial charge in [-0.15, -0.1) is 0 Å². The molecule has 0 aliphatic heterocycles. The SMILES string of the molecule is CC1CCCC(CNC(=O)c2cc(S(=O)(=O)Cl)c(Br)o2)C1. The Hall–Kier alpha value is -0.530. The van der Waals surface area contributed by atoms with Gasteiger partial charge < -0.3 is 9.73 Å². The number of hydrogen-bond acceptors (Lipinski definition) is 4. The Balaban J connectivity index is 1.98. The van der Waals surface area contributed by atoms with Crippen molar-refractivity contribution in [2.24, 2.45) is 11.8 Å². The van der Waals surface area contributed by atoms with Gasteiger partial charge in [-0.1, -0.05) is 19.8 Å². The van der Waals surface area contributed by atoms with Gasteiger partial charge in [0, 0.05) is 23.3 Å². The van der Waals surface area contributed by atoms with E-state index in [1.165, 1.54) is 12.8 Å². The maximum Gasteiger partial charge on any atom is 0.287 e. The van der Waals surface area contributed by atoms with E-state index in [9.17, 15) is 13.2 Å². The second kappa shape index (κ2) is 6.71. The highest BCUT2D eigenvalue weighted by Gasteiger charge is 2.24. The van der Waals surface area contributed by atoms with E-state index in [0.29, 0.717) is 18.4 Å². The summed E-state index contributed by atoms with van der Waals surface area (Å²) < 4.78 is 27.6. The van der Waals surface area contributed by atoms with Crippen molar-refractivity contribution in [1.82, 2.24) is 5.32 Å². The Morgan fingerprint density at radius 2 is 2.24 bits per heavy atom. The largest absolute Gasteiger partial charge is 0.443 e. The molecule has 1 N–H and O–H groups in total. The van der Waals surface area contributed by atoms with Gasteiger partial charge in [0.2, 0.25) is 0 Å². The Kier molecular flexibility index (Phi) is 5.38. The van der Waals surface area contributed by atoms with Gasteiger partial charge in [0.1, 0.15) is 4.90 Å². The molecular formula is C13H17BrClNO4S. The fourth-order valence-electron chi connectivity index (χ4n) is 2.70. The molecule has 1 aliphatic rings. The number of furan rings is 1. The lowest BCUT2D eigenvalue weighted by molar-refractivity contribution is 0.0911. The van der Waals surface area contributed by atoms with Crippen LogP contribution >= 0.6 is 26.6 Å². The lowest BCUT2D eigenvalue weighted by Crippen LogP contribution is -2.31. The molecule has 1 fully saturated rings. The molecule has 1 aromatic heterocycles. The van der Waals surface area contributed by atoms with Gasteiger partial charge in [0.25, 0.3) is 15.0 Å². The van der Waals surface area contributed by atoms with Gasteiger partial charge >= 0.3 is 0 Å². The van der Waals surface area contributed by atoms with Crippen molar-refractivity contribution < 1.29 is 17.6 Å². The standard InChI is InChI=1S/C13H17BrClNO4S/c1-8-3-2-4-9(5-8)7-16-13(17)10-6-11(12(14)20-10)21(15,18)19/h6,8-9H,2-5,7H2,1H3,(H,16,17). The zero-order chi connectivity index (χ0) is 15.6. The molecule has 0 saturated heterocycles. The maximum absolute atomic E-state index is 12.0. The molecule has 0 aromatic carbocycles. The molecule has 2 unspecified atom stereocenters. The molecule has 5 nitrogen and oxygen atoms in total. The first-order valence-corrected chi connectivity index (χ1v) is 9.89. The molecule has 21 heavy (non-hydrogen) atoms. The van der Waals surface area contributed by atoms with Crippen LogP contribution in [-0.2, 0) is 9.05 Å². The van der Waals surface area contributed by atoms with E-state index < -0.39 is 15.0 Å². The quantitative estimate of drug-likeness (QED) is 0.787. The van der Waals surface area contributed by atoms with Crippen molar-refractivity contribution in [2.45, 2.75) is 37.5 Å².